The van der Waals surface area contributed by atoms with E-state index in [-0.39, 0.29) is 19.2 Å². The van der Waals surface area contributed by atoms with E-state index >= 15 is 0 Å². The SMILES string of the molecule is CC(C)C.CCC(C)N1CCOC(C(F)(F)F)C1. The van der Waals surface area contributed by atoms with Gasteiger partial charge in [-0.15, -0.1) is 0 Å². The van der Waals surface area contributed by atoms with Gasteiger partial charge in [0, 0.05) is 19.1 Å². The Kier molecular flexibility index (Phi) is 7.87. The molecule has 2 atom stereocenters. The van der Waals surface area contributed by atoms with Gasteiger partial charge >= 0.3 is 6.18 Å². The number of nitrogens with zero attached hydrogens (tertiary/aromatic N) is 1. The van der Waals surface area contributed by atoms with Gasteiger partial charge in [-0.2, -0.15) is 13.2 Å². The fourth-order valence-corrected chi connectivity index (χ4v) is 1.53. The second-order valence-corrected chi connectivity index (χ2v) is 5.39. The molecule has 2 unspecified atom stereocenters. The molecular weight excluding hydrogens is 243 g/mol. The molecule has 0 aliphatic carbocycles. The van der Waals surface area contributed by atoms with Gasteiger partial charge in [-0.05, 0) is 19.3 Å². The van der Waals surface area contributed by atoms with E-state index in [0.29, 0.717) is 6.54 Å². The zero-order valence-electron chi connectivity index (χ0n) is 12.0. The highest BCUT2D eigenvalue weighted by molar-refractivity contribution is 4.79. The Hall–Kier alpha value is -0.290. The number of rotatable bonds is 2. The summed E-state index contributed by atoms with van der Waals surface area (Å²) >= 11 is 0. The zero-order valence-corrected chi connectivity index (χ0v) is 12.0. The van der Waals surface area contributed by atoms with Crippen molar-refractivity contribution in [3.63, 3.8) is 0 Å². The van der Waals surface area contributed by atoms with Crippen LogP contribution in [-0.2, 0) is 4.74 Å². The van der Waals surface area contributed by atoms with Crippen molar-refractivity contribution in [2.24, 2.45) is 5.92 Å². The third-order valence-corrected chi connectivity index (χ3v) is 2.68. The molecule has 1 aliphatic heterocycles. The van der Waals surface area contributed by atoms with Gasteiger partial charge in [-0.3, -0.25) is 4.90 Å². The van der Waals surface area contributed by atoms with Gasteiger partial charge in [0.15, 0.2) is 6.10 Å². The summed E-state index contributed by atoms with van der Waals surface area (Å²) in [5, 5.41) is 0. The molecule has 0 aromatic carbocycles. The molecule has 0 aromatic rings. The van der Waals surface area contributed by atoms with E-state index in [0.717, 1.165) is 12.3 Å². The molecule has 18 heavy (non-hydrogen) atoms. The molecule has 0 radical (unpaired) electrons. The number of ether oxygens (including phenoxy) is 1. The van der Waals surface area contributed by atoms with Crippen molar-refractivity contribution < 1.29 is 17.9 Å². The van der Waals surface area contributed by atoms with Crippen LogP contribution in [0.2, 0.25) is 0 Å². The fraction of sp³-hybridized carbons (Fsp3) is 1.00. The fourth-order valence-electron chi connectivity index (χ4n) is 1.53. The Morgan fingerprint density at radius 2 is 1.72 bits per heavy atom. The van der Waals surface area contributed by atoms with Crippen LogP contribution in [0, 0.1) is 5.92 Å². The molecule has 0 amide bonds. The normalized spacial score (nSPS) is 23.5. The van der Waals surface area contributed by atoms with Crippen molar-refractivity contribution in [2.75, 3.05) is 19.7 Å². The Labute approximate surface area is 108 Å². The first-order chi connectivity index (χ1) is 8.18. The summed E-state index contributed by atoms with van der Waals surface area (Å²) in [6.45, 7) is 11.2. The van der Waals surface area contributed by atoms with E-state index in [1.165, 1.54) is 0 Å². The summed E-state index contributed by atoms with van der Waals surface area (Å²) in [4.78, 5) is 1.83. The number of alkyl halides is 3. The highest BCUT2D eigenvalue weighted by atomic mass is 19.4. The molecule has 2 nitrogen and oxygen atoms in total. The summed E-state index contributed by atoms with van der Waals surface area (Å²) < 4.78 is 41.7. The monoisotopic (exact) mass is 269 g/mol. The Balaban J connectivity index is 0.000000631. The quantitative estimate of drug-likeness (QED) is 0.757. The maximum absolute atomic E-state index is 12.3. The standard InChI is InChI=1S/C9H16F3NO.C4H10/c1-3-7(2)13-4-5-14-8(6-13)9(10,11)12;1-4(2)3/h7-8H,3-6H2,1-2H3;4H,1-3H3. The highest BCUT2D eigenvalue weighted by Crippen LogP contribution is 2.26. The minimum atomic E-state index is -4.23. The predicted molar refractivity (Wildman–Crippen MR) is 67.6 cm³/mol. The molecule has 1 fully saturated rings. The van der Waals surface area contributed by atoms with E-state index in [1.54, 1.807) is 0 Å². The Morgan fingerprint density at radius 1 is 1.22 bits per heavy atom. The molecule has 1 aliphatic rings. The topological polar surface area (TPSA) is 12.5 Å². The minimum Gasteiger partial charge on any atom is -0.366 e. The van der Waals surface area contributed by atoms with Crippen LogP contribution in [0.4, 0.5) is 13.2 Å². The second kappa shape index (κ2) is 8.00. The van der Waals surface area contributed by atoms with Crippen LogP contribution in [0.1, 0.15) is 41.0 Å². The average molecular weight is 269 g/mol. The van der Waals surface area contributed by atoms with Gasteiger partial charge in [0.2, 0.25) is 0 Å². The van der Waals surface area contributed by atoms with Crippen molar-refractivity contribution in [2.45, 2.75) is 59.4 Å². The summed E-state index contributed by atoms with van der Waals surface area (Å²) in [5.74, 6) is 0.833. The lowest BCUT2D eigenvalue weighted by Gasteiger charge is -2.37. The lowest BCUT2D eigenvalue weighted by atomic mass is 10.1. The van der Waals surface area contributed by atoms with Gasteiger partial charge in [0.05, 0.1) is 6.61 Å². The van der Waals surface area contributed by atoms with Gasteiger partial charge in [-0.1, -0.05) is 27.7 Å². The second-order valence-electron chi connectivity index (χ2n) is 5.39. The van der Waals surface area contributed by atoms with Crippen molar-refractivity contribution in [1.29, 1.82) is 0 Å². The summed E-state index contributed by atoms with van der Waals surface area (Å²) in [6, 6.07) is 0.198. The molecule has 110 valence electrons. The first-order valence-corrected chi connectivity index (χ1v) is 6.60. The Bertz CT molecular complexity index is 216. The molecule has 0 N–H and O–H groups in total. The number of hydrogen-bond acceptors (Lipinski definition) is 2. The molecule has 0 spiro atoms. The van der Waals surface area contributed by atoms with Crippen molar-refractivity contribution in [3.05, 3.63) is 0 Å². The number of hydrogen-bond donors (Lipinski definition) is 0. The van der Waals surface area contributed by atoms with Crippen LogP contribution in [0.3, 0.4) is 0 Å². The molecule has 0 aromatic heterocycles. The van der Waals surface area contributed by atoms with Crippen LogP contribution in [0.5, 0.6) is 0 Å². The van der Waals surface area contributed by atoms with Crippen LogP contribution < -0.4 is 0 Å². The lowest BCUT2D eigenvalue weighted by Crippen LogP contribution is -2.51. The molecular formula is C13H26F3NO. The van der Waals surface area contributed by atoms with Gasteiger partial charge < -0.3 is 4.74 Å². The smallest absolute Gasteiger partial charge is 0.366 e. The van der Waals surface area contributed by atoms with Crippen LogP contribution >= 0.6 is 0 Å². The van der Waals surface area contributed by atoms with E-state index in [4.69, 9.17) is 4.74 Å². The molecule has 0 saturated carbocycles. The van der Waals surface area contributed by atoms with Crippen molar-refractivity contribution >= 4 is 0 Å². The molecule has 0 bridgehead atoms. The van der Waals surface area contributed by atoms with E-state index < -0.39 is 12.3 Å². The van der Waals surface area contributed by atoms with Crippen LogP contribution in [0.15, 0.2) is 0 Å². The Morgan fingerprint density at radius 3 is 2.11 bits per heavy atom. The molecule has 1 heterocycles. The predicted octanol–water partition coefficient (Wildman–Crippen LogP) is 3.71. The van der Waals surface area contributed by atoms with Crippen LogP contribution in [0.25, 0.3) is 0 Å². The average Bonchev–Trinajstić information content (AvgIpc) is 2.26. The highest BCUT2D eigenvalue weighted by Gasteiger charge is 2.43. The summed E-state index contributed by atoms with van der Waals surface area (Å²) in [5.41, 5.74) is 0. The third kappa shape index (κ3) is 7.21. The molecule has 1 rings (SSSR count). The van der Waals surface area contributed by atoms with Gasteiger partial charge in [-0.25, -0.2) is 0 Å². The van der Waals surface area contributed by atoms with Crippen LogP contribution in [-0.4, -0.2) is 42.9 Å². The first-order valence-electron chi connectivity index (χ1n) is 6.60. The van der Waals surface area contributed by atoms with Crippen molar-refractivity contribution in [1.82, 2.24) is 4.90 Å². The van der Waals surface area contributed by atoms with E-state index in [9.17, 15) is 13.2 Å². The van der Waals surface area contributed by atoms with Gasteiger partial charge in [0.25, 0.3) is 0 Å². The maximum atomic E-state index is 12.3. The molecule has 5 heteroatoms. The summed E-state index contributed by atoms with van der Waals surface area (Å²) in [7, 11) is 0. The van der Waals surface area contributed by atoms with E-state index in [2.05, 4.69) is 20.8 Å². The largest absolute Gasteiger partial charge is 0.415 e. The first kappa shape index (κ1) is 17.7. The minimum absolute atomic E-state index is 0.0293. The van der Waals surface area contributed by atoms with E-state index in [1.807, 2.05) is 18.7 Å². The summed E-state index contributed by atoms with van der Waals surface area (Å²) in [6.07, 6.45) is -4.97. The molecule has 1 saturated heterocycles. The zero-order chi connectivity index (χ0) is 14.3. The van der Waals surface area contributed by atoms with Crippen molar-refractivity contribution in [3.8, 4) is 0 Å². The third-order valence-electron chi connectivity index (χ3n) is 2.68. The number of morpholine rings is 1. The number of halogens is 3. The van der Waals surface area contributed by atoms with Gasteiger partial charge in [0.1, 0.15) is 0 Å². The lowest BCUT2D eigenvalue weighted by molar-refractivity contribution is -0.239. The maximum Gasteiger partial charge on any atom is 0.415 e.